The Balaban J connectivity index is 2.78. The summed E-state index contributed by atoms with van der Waals surface area (Å²) in [5.74, 6) is 0.885. The molecule has 0 unspecified atom stereocenters. The van der Waals surface area contributed by atoms with Crippen molar-refractivity contribution in [3.63, 3.8) is 0 Å². The van der Waals surface area contributed by atoms with Crippen molar-refractivity contribution in [1.29, 1.82) is 0 Å². The zero-order valence-corrected chi connectivity index (χ0v) is 12.3. The first kappa shape index (κ1) is 16.2. The molecule has 0 aliphatic rings. The maximum Gasteiger partial charge on any atom is 0.310 e. The lowest BCUT2D eigenvalue weighted by molar-refractivity contribution is -0.385. The third-order valence-corrected chi connectivity index (χ3v) is 2.67. The van der Waals surface area contributed by atoms with Gasteiger partial charge in [0.25, 0.3) is 0 Å². The molecule has 0 aliphatic carbocycles. The number of ether oxygens (including phenoxy) is 1. The zero-order valence-electron chi connectivity index (χ0n) is 12.3. The first-order chi connectivity index (χ1) is 9.54. The Morgan fingerprint density at radius 3 is 2.80 bits per heavy atom. The van der Waals surface area contributed by atoms with Gasteiger partial charge < -0.3 is 10.1 Å². The molecule has 0 amide bonds. The average molecular weight is 278 g/mol. The molecule has 1 aromatic rings. The molecule has 0 saturated carbocycles. The number of nitrogens with one attached hydrogen (secondary N) is 1. The molecule has 110 valence electrons. The van der Waals surface area contributed by atoms with Crippen molar-refractivity contribution in [2.24, 2.45) is 5.92 Å². The molecular weight excluding hydrogens is 256 g/mol. The molecule has 0 bridgehead atoms. The van der Waals surface area contributed by atoms with Gasteiger partial charge in [0.2, 0.25) is 0 Å². The minimum absolute atomic E-state index is 0.00196. The van der Waals surface area contributed by atoms with Gasteiger partial charge in [-0.1, -0.05) is 32.1 Å². The van der Waals surface area contributed by atoms with Crippen LogP contribution in [0.1, 0.15) is 26.3 Å². The summed E-state index contributed by atoms with van der Waals surface area (Å²) >= 11 is 0. The second kappa shape index (κ2) is 8.32. The van der Waals surface area contributed by atoms with Crippen LogP contribution >= 0.6 is 0 Å². The Bertz CT molecular complexity index is 470. The summed E-state index contributed by atoms with van der Waals surface area (Å²) < 4.78 is 5.45. The Kier molecular flexibility index (Phi) is 6.73. The maximum absolute atomic E-state index is 11.0. The molecule has 0 fully saturated rings. The highest BCUT2D eigenvalue weighted by Crippen LogP contribution is 2.28. The van der Waals surface area contributed by atoms with Gasteiger partial charge in [-0.15, -0.1) is 0 Å². The van der Waals surface area contributed by atoms with Gasteiger partial charge in [0.05, 0.1) is 4.92 Å². The van der Waals surface area contributed by atoms with Crippen LogP contribution in [0.4, 0.5) is 5.69 Å². The van der Waals surface area contributed by atoms with Crippen LogP contribution < -0.4 is 10.1 Å². The second-order valence-electron chi connectivity index (χ2n) is 4.96. The minimum Gasteiger partial charge on any atom is -0.483 e. The summed E-state index contributed by atoms with van der Waals surface area (Å²) in [5.41, 5.74) is 0.980. The fourth-order valence-corrected chi connectivity index (χ4v) is 1.67. The van der Waals surface area contributed by atoms with Crippen molar-refractivity contribution in [3.8, 4) is 5.75 Å². The van der Waals surface area contributed by atoms with Crippen molar-refractivity contribution in [1.82, 2.24) is 5.32 Å². The average Bonchev–Trinajstić information content (AvgIpc) is 2.38. The lowest BCUT2D eigenvalue weighted by atomic mass is 10.1. The predicted octanol–water partition coefficient (Wildman–Crippen LogP) is 3.30. The van der Waals surface area contributed by atoms with Crippen LogP contribution in [0.2, 0.25) is 0 Å². The van der Waals surface area contributed by atoms with Crippen LogP contribution in [0, 0.1) is 16.0 Å². The molecule has 0 radical (unpaired) electrons. The van der Waals surface area contributed by atoms with Crippen molar-refractivity contribution >= 4 is 5.69 Å². The lowest BCUT2D eigenvalue weighted by Crippen LogP contribution is -2.19. The molecule has 1 N–H and O–H groups in total. The van der Waals surface area contributed by atoms with Gasteiger partial charge in [0.15, 0.2) is 5.75 Å². The number of hydrogen-bond donors (Lipinski definition) is 1. The SMILES string of the molecule is CC=CCOc1cc(CNCC(C)C)ccc1[N+](=O)[O-]. The number of allylic oxidation sites excluding steroid dienone is 1. The number of nitro groups is 1. The highest BCUT2D eigenvalue weighted by Gasteiger charge is 2.15. The topological polar surface area (TPSA) is 64.4 Å². The summed E-state index contributed by atoms with van der Waals surface area (Å²) in [4.78, 5) is 10.5. The Hall–Kier alpha value is -1.88. The molecule has 0 saturated heterocycles. The van der Waals surface area contributed by atoms with Crippen molar-refractivity contribution in [3.05, 3.63) is 46.0 Å². The van der Waals surface area contributed by atoms with E-state index in [1.165, 1.54) is 6.07 Å². The van der Waals surface area contributed by atoms with E-state index in [-0.39, 0.29) is 5.69 Å². The van der Waals surface area contributed by atoms with Gasteiger partial charge in [-0.25, -0.2) is 0 Å². The quantitative estimate of drug-likeness (QED) is 0.450. The van der Waals surface area contributed by atoms with Crippen LogP contribution in [-0.2, 0) is 6.54 Å². The number of hydrogen-bond acceptors (Lipinski definition) is 4. The molecule has 0 spiro atoms. The molecular formula is C15H22N2O3. The molecule has 20 heavy (non-hydrogen) atoms. The van der Waals surface area contributed by atoms with Crippen LogP contribution in [0.5, 0.6) is 5.75 Å². The number of nitrogens with zero attached hydrogens (tertiary/aromatic N) is 1. The molecule has 5 heteroatoms. The summed E-state index contributed by atoms with van der Waals surface area (Å²) in [6.45, 7) is 8.06. The Labute approximate surface area is 119 Å². The van der Waals surface area contributed by atoms with E-state index in [1.54, 1.807) is 12.1 Å². The molecule has 0 aliphatic heterocycles. The van der Waals surface area contributed by atoms with Crippen LogP contribution in [0.15, 0.2) is 30.4 Å². The Morgan fingerprint density at radius 1 is 1.45 bits per heavy atom. The molecule has 1 aromatic carbocycles. The predicted molar refractivity (Wildman–Crippen MR) is 80.0 cm³/mol. The molecule has 5 nitrogen and oxygen atoms in total. The molecule has 1 rings (SSSR count). The van der Waals surface area contributed by atoms with E-state index in [4.69, 9.17) is 4.74 Å². The van der Waals surface area contributed by atoms with Crippen molar-refractivity contribution in [2.75, 3.05) is 13.2 Å². The van der Waals surface area contributed by atoms with Gasteiger partial charge in [0, 0.05) is 12.6 Å². The van der Waals surface area contributed by atoms with Gasteiger partial charge in [-0.2, -0.15) is 0 Å². The van der Waals surface area contributed by atoms with Gasteiger partial charge >= 0.3 is 5.69 Å². The lowest BCUT2D eigenvalue weighted by Gasteiger charge is -2.09. The third kappa shape index (κ3) is 5.40. The van der Waals surface area contributed by atoms with Crippen LogP contribution in [0.3, 0.4) is 0 Å². The van der Waals surface area contributed by atoms with Crippen molar-refractivity contribution in [2.45, 2.75) is 27.3 Å². The van der Waals surface area contributed by atoms with Gasteiger partial charge in [-0.05, 0) is 31.0 Å². The van der Waals surface area contributed by atoms with E-state index in [9.17, 15) is 10.1 Å². The van der Waals surface area contributed by atoms with E-state index in [0.29, 0.717) is 24.8 Å². The third-order valence-electron chi connectivity index (χ3n) is 2.67. The van der Waals surface area contributed by atoms with E-state index in [2.05, 4.69) is 19.2 Å². The molecule has 0 aromatic heterocycles. The monoisotopic (exact) mass is 278 g/mol. The summed E-state index contributed by atoms with van der Waals surface area (Å²) in [6.07, 6.45) is 3.66. The van der Waals surface area contributed by atoms with E-state index >= 15 is 0 Å². The normalized spacial score (nSPS) is 11.2. The largest absolute Gasteiger partial charge is 0.483 e. The van der Waals surface area contributed by atoms with Crippen molar-refractivity contribution < 1.29 is 9.66 Å². The first-order valence-electron chi connectivity index (χ1n) is 6.76. The highest BCUT2D eigenvalue weighted by molar-refractivity contribution is 5.48. The maximum atomic E-state index is 11.0. The van der Waals surface area contributed by atoms with Gasteiger partial charge in [-0.3, -0.25) is 10.1 Å². The standard InChI is InChI=1S/C15H22N2O3/c1-4-5-8-20-15-9-13(11-16-10-12(2)3)6-7-14(15)17(18)19/h4-7,9,12,16H,8,10-11H2,1-3H3. The first-order valence-corrected chi connectivity index (χ1v) is 6.76. The second-order valence-corrected chi connectivity index (χ2v) is 4.96. The minimum atomic E-state index is -0.420. The molecule has 0 atom stereocenters. The smallest absolute Gasteiger partial charge is 0.310 e. The summed E-state index contributed by atoms with van der Waals surface area (Å²) in [6, 6.07) is 4.99. The van der Waals surface area contributed by atoms with Crippen LogP contribution in [0.25, 0.3) is 0 Å². The molecule has 0 heterocycles. The fraction of sp³-hybridized carbons (Fsp3) is 0.467. The summed E-state index contributed by atoms with van der Waals surface area (Å²) in [7, 11) is 0. The van der Waals surface area contributed by atoms with E-state index in [1.807, 2.05) is 19.1 Å². The fourth-order valence-electron chi connectivity index (χ4n) is 1.67. The van der Waals surface area contributed by atoms with Gasteiger partial charge in [0.1, 0.15) is 6.61 Å². The van der Waals surface area contributed by atoms with E-state index < -0.39 is 4.92 Å². The Morgan fingerprint density at radius 2 is 2.20 bits per heavy atom. The number of benzene rings is 1. The zero-order chi connectivity index (χ0) is 15.0. The number of rotatable bonds is 8. The van der Waals surface area contributed by atoms with E-state index in [0.717, 1.165) is 12.1 Å². The summed E-state index contributed by atoms with van der Waals surface area (Å²) in [5, 5.41) is 14.3. The number of nitro benzene ring substituents is 1. The highest BCUT2D eigenvalue weighted by atomic mass is 16.6. The van der Waals surface area contributed by atoms with Crippen LogP contribution in [-0.4, -0.2) is 18.1 Å².